The minimum Gasteiger partial charge on any atom is -0.450 e. The van der Waals surface area contributed by atoms with E-state index in [1.54, 1.807) is 13.2 Å². The van der Waals surface area contributed by atoms with E-state index in [0.717, 1.165) is 22.2 Å². The SMILES string of the molecule is Cn1cc2c(nc1=O)Nc1cc3ccccc3cc1O2. The molecule has 1 aliphatic heterocycles. The van der Waals surface area contributed by atoms with E-state index in [-0.39, 0.29) is 5.69 Å². The molecule has 20 heavy (non-hydrogen) atoms. The van der Waals surface area contributed by atoms with Gasteiger partial charge in [-0.05, 0) is 22.9 Å². The van der Waals surface area contributed by atoms with Gasteiger partial charge in [-0.25, -0.2) is 4.79 Å². The van der Waals surface area contributed by atoms with Crippen LogP contribution in [0.15, 0.2) is 47.4 Å². The number of benzene rings is 2. The van der Waals surface area contributed by atoms with E-state index in [4.69, 9.17) is 4.74 Å². The van der Waals surface area contributed by atoms with Crippen molar-refractivity contribution in [1.29, 1.82) is 0 Å². The molecule has 0 aliphatic carbocycles. The van der Waals surface area contributed by atoms with E-state index in [1.165, 1.54) is 4.57 Å². The summed E-state index contributed by atoms with van der Waals surface area (Å²) in [5.41, 5.74) is 0.501. The first-order chi connectivity index (χ1) is 9.70. The second-order valence-corrected chi connectivity index (χ2v) is 4.77. The van der Waals surface area contributed by atoms with E-state index in [9.17, 15) is 4.79 Å². The second-order valence-electron chi connectivity index (χ2n) is 4.77. The lowest BCUT2D eigenvalue weighted by molar-refractivity contribution is 0.470. The highest BCUT2D eigenvalue weighted by Crippen LogP contribution is 2.41. The Labute approximate surface area is 114 Å². The molecule has 1 aromatic heterocycles. The molecule has 1 aliphatic rings. The fraction of sp³-hybridized carbons (Fsp3) is 0.0667. The highest BCUT2D eigenvalue weighted by atomic mass is 16.5. The second kappa shape index (κ2) is 3.84. The summed E-state index contributed by atoms with van der Waals surface area (Å²) in [6, 6.07) is 12.0. The third-order valence-corrected chi connectivity index (χ3v) is 3.37. The Hall–Kier alpha value is -2.82. The summed E-state index contributed by atoms with van der Waals surface area (Å²) < 4.78 is 7.23. The van der Waals surface area contributed by atoms with Gasteiger partial charge in [0.25, 0.3) is 0 Å². The Morgan fingerprint density at radius 3 is 2.70 bits per heavy atom. The van der Waals surface area contributed by atoms with Crippen molar-refractivity contribution < 1.29 is 4.74 Å². The Bertz CT molecular complexity index is 899. The molecule has 5 nitrogen and oxygen atoms in total. The molecule has 4 rings (SSSR count). The predicted octanol–water partition coefficient (Wildman–Crippen LogP) is 2.78. The number of anilines is 2. The summed E-state index contributed by atoms with van der Waals surface area (Å²) in [4.78, 5) is 15.5. The molecule has 0 bridgehead atoms. The maximum atomic E-state index is 11.6. The third kappa shape index (κ3) is 1.56. The van der Waals surface area contributed by atoms with Gasteiger partial charge in [0.05, 0.1) is 11.9 Å². The number of hydrogen-bond acceptors (Lipinski definition) is 4. The van der Waals surface area contributed by atoms with Crippen molar-refractivity contribution in [2.24, 2.45) is 7.05 Å². The minimum absolute atomic E-state index is 0.316. The molecule has 0 amide bonds. The summed E-state index contributed by atoms with van der Waals surface area (Å²) in [7, 11) is 1.65. The molecule has 2 aromatic carbocycles. The number of ether oxygens (including phenoxy) is 1. The van der Waals surface area contributed by atoms with Crippen LogP contribution in [0.5, 0.6) is 11.5 Å². The van der Waals surface area contributed by atoms with E-state index < -0.39 is 0 Å². The standard InChI is InChI=1S/C15H11N3O2/c1-18-8-13-14(17-15(18)19)16-11-6-9-4-2-3-5-10(9)7-12(11)20-13/h2-8H,1H3,(H,16,17,19). The molecular weight excluding hydrogens is 254 g/mol. The molecule has 98 valence electrons. The number of aromatic nitrogens is 2. The molecule has 0 fully saturated rings. The number of hydrogen-bond donors (Lipinski definition) is 1. The zero-order valence-corrected chi connectivity index (χ0v) is 10.8. The molecule has 3 aromatic rings. The molecule has 0 unspecified atom stereocenters. The van der Waals surface area contributed by atoms with Crippen LogP contribution < -0.4 is 15.7 Å². The van der Waals surface area contributed by atoms with Crippen molar-refractivity contribution in [3.05, 3.63) is 53.1 Å². The van der Waals surface area contributed by atoms with Crippen molar-refractivity contribution in [1.82, 2.24) is 9.55 Å². The summed E-state index contributed by atoms with van der Waals surface area (Å²) in [5.74, 6) is 1.74. The first kappa shape index (κ1) is 11.0. The van der Waals surface area contributed by atoms with Crippen molar-refractivity contribution >= 4 is 22.3 Å². The zero-order chi connectivity index (χ0) is 13.7. The van der Waals surface area contributed by atoms with Crippen LogP contribution in [0.3, 0.4) is 0 Å². The lowest BCUT2D eigenvalue weighted by Crippen LogP contribution is -2.22. The lowest BCUT2D eigenvalue weighted by Gasteiger charge is -2.21. The average molecular weight is 265 g/mol. The van der Waals surface area contributed by atoms with Gasteiger partial charge < -0.3 is 10.1 Å². The summed E-state index contributed by atoms with van der Waals surface area (Å²) in [6.45, 7) is 0. The number of rotatable bonds is 0. The van der Waals surface area contributed by atoms with Gasteiger partial charge in [-0.15, -0.1) is 0 Å². The van der Waals surface area contributed by atoms with Crippen LogP contribution in [0.2, 0.25) is 0 Å². The zero-order valence-electron chi connectivity index (χ0n) is 10.8. The molecule has 5 heteroatoms. The lowest BCUT2D eigenvalue weighted by atomic mass is 10.1. The first-order valence-corrected chi connectivity index (χ1v) is 6.26. The summed E-state index contributed by atoms with van der Waals surface area (Å²) >= 11 is 0. The molecule has 0 spiro atoms. The number of nitrogens with one attached hydrogen (secondary N) is 1. The molecule has 1 N–H and O–H groups in total. The van der Waals surface area contributed by atoms with Crippen molar-refractivity contribution in [3.8, 4) is 11.5 Å². The third-order valence-electron chi connectivity index (χ3n) is 3.37. The average Bonchev–Trinajstić information content (AvgIpc) is 2.44. The van der Waals surface area contributed by atoms with Gasteiger partial charge in [0.15, 0.2) is 17.3 Å². The minimum atomic E-state index is -0.316. The number of nitrogens with zero attached hydrogens (tertiary/aromatic N) is 2. The Balaban J connectivity index is 1.91. The van der Waals surface area contributed by atoms with Gasteiger partial charge in [-0.2, -0.15) is 4.98 Å². The Morgan fingerprint density at radius 1 is 1.15 bits per heavy atom. The number of aryl methyl sites for hydroxylation is 1. The Morgan fingerprint density at radius 2 is 1.90 bits per heavy atom. The molecule has 0 saturated carbocycles. The van der Waals surface area contributed by atoms with Gasteiger partial charge in [0.2, 0.25) is 0 Å². The normalized spacial score (nSPS) is 12.2. The first-order valence-electron chi connectivity index (χ1n) is 6.26. The van der Waals surface area contributed by atoms with Crippen LogP contribution in [0.4, 0.5) is 11.5 Å². The largest absolute Gasteiger partial charge is 0.450 e. The molecule has 0 atom stereocenters. The van der Waals surface area contributed by atoms with Gasteiger partial charge in [-0.1, -0.05) is 24.3 Å². The van der Waals surface area contributed by atoms with Gasteiger partial charge in [-0.3, -0.25) is 4.57 Å². The monoisotopic (exact) mass is 265 g/mol. The van der Waals surface area contributed by atoms with Gasteiger partial charge in [0.1, 0.15) is 0 Å². The molecular formula is C15H11N3O2. The van der Waals surface area contributed by atoms with Crippen LogP contribution in [0.25, 0.3) is 10.8 Å². The summed E-state index contributed by atoms with van der Waals surface area (Å²) in [6.07, 6.45) is 1.63. The van der Waals surface area contributed by atoms with Crippen LogP contribution in [-0.2, 0) is 7.05 Å². The van der Waals surface area contributed by atoms with Gasteiger partial charge in [0, 0.05) is 7.05 Å². The quantitative estimate of drug-likeness (QED) is 0.531. The van der Waals surface area contributed by atoms with Crippen molar-refractivity contribution in [2.75, 3.05) is 5.32 Å². The van der Waals surface area contributed by atoms with Crippen molar-refractivity contribution in [3.63, 3.8) is 0 Å². The number of fused-ring (bicyclic) bond motifs is 3. The predicted molar refractivity (Wildman–Crippen MR) is 76.8 cm³/mol. The van der Waals surface area contributed by atoms with Crippen LogP contribution >= 0.6 is 0 Å². The van der Waals surface area contributed by atoms with Gasteiger partial charge >= 0.3 is 5.69 Å². The van der Waals surface area contributed by atoms with Crippen LogP contribution in [-0.4, -0.2) is 9.55 Å². The fourth-order valence-corrected chi connectivity index (χ4v) is 2.33. The van der Waals surface area contributed by atoms with Crippen LogP contribution in [0.1, 0.15) is 0 Å². The maximum absolute atomic E-state index is 11.6. The van der Waals surface area contributed by atoms with Crippen LogP contribution in [0, 0.1) is 0 Å². The van der Waals surface area contributed by atoms with E-state index >= 15 is 0 Å². The van der Waals surface area contributed by atoms with E-state index in [1.807, 2.05) is 36.4 Å². The van der Waals surface area contributed by atoms with E-state index in [0.29, 0.717) is 11.6 Å². The topological polar surface area (TPSA) is 56.2 Å². The molecule has 2 heterocycles. The fourth-order valence-electron chi connectivity index (χ4n) is 2.33. The smallest absolute Gasteiger partial charge is 0.349 e. The summed E-state index contributed by atoms with van der Waals surface area (Å²) in [5, 5.41) is 5.36. The highest BCUT2D eigenvalue weighted by Gasteiger charge is 2.19. The molecule has 0 radical (unpaired) electrons. The maximum Gasteiger partial charge on any atom is 0.349 e. The molecule has 0 saturated heterocycles. The van der Waals surface area contributed by atoms with E-state index in [2.05, 4.69) is 10.3 Å². The highest BCUT2D eigenvalue weighted by molar-refractivity contribution is 5.90. The Kier molecular flexibility index (Phi) is 2.12. The van der Waals surface area contributed by atoms with Crippen molar-refractivity contribution in [2.45, 2.75) is 0 Å².